The number of furan rings is 2. The summed E-state index contributed by atoms with van der Waals surface area (Å²) in [6, 6.07) is 8.80. The summed E-state index contributed by atoms with van der Waals surface area (Å²) >= 11 is 3.49. The largest absolute Gasteiger partial charge is 0.469 e. The van der Waals surface area contributed by atoms with Gasteiger partial charge in [-0.05, 0) is 51.0 Å². The summed E-state index contributed by atoms with van der Waals surface area (Å²) in [5.74, 6) is 0.654. The first kappa shape index (κ1) is 22.1. The first-order valence-electron chi connectivity index (χ1n) is 10.7. The van der Waals surface area contributed by atoms with E-state index in [0.29, 0.717) is 52.5 Å². The maximum Gasteiger partial charge on any atom is 0.380 e. The van der Waals surface area contributed by atoms with Gasteiger partial charge in [0, 0.05) is 33.6 Å². The third-order valence-corrected chi connectivity index (χ3v) is 6.48. The van der Waals surface area contributed by atoms with Crippen LogP contribution < -0.4 is 10.2 Å². The number of halogens is 1. The lowest BCUT2D eigenvalue weighted by Gasteiger charge is -2.13. The highest BCUT2D eigenvalue weighted by Crippen LogP contribution is 2.33. The monoisotopic (exact) mass is 521 g/mol. The zero-order valence-electron chi connectivity index (χ0n) is 18.5. The molecule has 34 heavy (non-hydrogen) atoms. The molecule has 5 rings (SSSR count). The Labute approximate surface area is 203 Å². The van der Waals surface area contributed by atoms with Crippen molar-refractivity contribution >= 4 is 44.4 Å². The lowest BCUT2D eigenvalue weighted by atomic mass is 9.93. The smallest absolute Gasteiger partial charge is 0.380 e. The number of hydrogen-bond donors (Lipinski definition) is 1. The number of carbonyl (C=O) groups is 2. The second kappa shape index (κ2) is 8.90. The van der Waals surface area contributed by atoms with E-state index in [9.17, 15) is 9.59 Å². The van der Waals surface area contributed by atoms with Gasteiger partial charge < -0.3 is 13.6 Å². The minimum atomic E-state index is -0.612. The van der Waals surface area contributed by atoms with Gasteiger partial charge in [0.2, 0.25) is 5.76 Å². The third-order valence-electron chi connectivity index (χ3n) is 5.79. The summed E-state index contributed by atoms with van der Waals surface area (Å²) in [7, 11) is 0. The number of benzene rings is 1. The summed E-state index contributed by atoms with van der Waals surface area (Å²) in [6.45, 7) is 3.50. The van der Waals surface area contributed by atoms with Crippen LogP contribution in [-0.4, -0.2) is 22.6 Å². The molecule has 0 bridgehead atoms. The Bertz CT molecular complexity index is 1470. The number of esters is 1. The van der Waals surface area contributed by atoms with E-state index in [1.165, 1.54) is 6.26 Å². The van der Waals surface area contributed by atoms with Gasteiger partial charge in [0.25, 0.3) is 5.91 Å². The Morgan fingerprint density at radius 2 is 2.03 bits per heavy atom. The first-order valence-corrected chi connectivity index (χ1v) is 11.5. The number of fused-ring (bicyclic) bond motifs is 2. The maximum absolute atomic E-state index is 13.1. The standard InChI is InChI=1S/C25H20BrN3O5/c1-13-21-18(28-29-24(30)15-10-12-32-14(15)2)6-3-7-19(21)33-23(13)25(31)34-20-9-8-17(26)16-5-4-11-27-22(16)20/h4-5,8-12H,3,6-7H2,1-2H3,(H,29,30)/b28-18+. The van der Waals surface area contributed by atoms with E-state index < -0.39 is 5.97 Å². The number of hydrazone groups is 1. The van der Waals surface area contributed by atoms with E-state index in [1.807, 2.05) is 18.2 Å². The number of rotatable bonds is 4. The normalized spacial score (nSPS) is 14.3. The van der Waals surface area contributed by atoms with Gasteiger partial charge in [-0.25, -0.2) is 10.2 Å². The van der Waals surface area contributed by atoms with Crippen molar-refractivity contribution in [2.75, 3.05) is 0 Å². The molecular formula is C25H20BrN3O5. The van der Waals surface area contributed by atoms with Crippen LogP contribution in [0.15, 0.2) is 61.2 Å². The second-order valence-electron chi connectivity index (χ2n) is 7.93. The van der Waals surface area contributed by atoms with Crippen LogP contribution in [0.25, 0.3) is 10.9 Å². The molecule has 0 aliphatic heterocycles. The van der Waals surface area contributed by atoms with Gasteiger partial charge in [-0.2, -0.15) is 5.10 Å². The van der Waals surface area contributed by atoms with E-state index >= 15 is 0 Å². The van der Waals surface area contributed by atoms with Crippen molar-refractivity contribution in [1.82, 2.24) is 10.4 Å². The molecule has 0 atom stereocenters. The topological polar surface area (TPSA) is 107 Å². The molecule has 3 aromatic heterocycles. The fourth-order valence-electron chi connectivity index (χ4n) is 4.11. The van der Waals surface area contributed by atoms with Crippen LogP contribution >= 0.6 is 15.9 Å². The summed E-state index contributed by atoms with van der Waals surface area (Å²) < 4.78 is 17.6. The lowest BCUT2D eigenvalue weighted by Crippen LogP contribution is -2.22. The van der Waals surface area contributed by atoms with Gasteiger partial charge in [0.05, 0.1) is 17.5 Å². The number of amides is 1. The van der Waals surface area contributed by atoms with E-state index in [4.69, 9.17) is 13.6 Å². The molecule has 0 spiro atoms. The molecule has 0 unspecified atom stereocenters. The van der Waals surface area contributed by atoms with Crippen LogP contribution in [-0.2, 0) is 6.42 Å². The predicted octanol–water partition coefficient (Wildman–Crippen LogP) is 5.49. The van der Waals surface area contributed by atoms with Crippen LogP contribution in [0.2, 0.25) is 0 Å². The van der Waals surface area contributed by atoms with E-state index in [0.717, 1.165) is 21.8 Å². The van der Waals surface area contributed by atoms with Gasteiger partial charge in [-0.3, -0.25) is 9.78 Å². The average Bonchev–Trinajstić information content (AvgIpc) is 3.43. The van der Waals surface area contributed by atoms with E-state index in [2.05, 4.69) is 31.4 Å². The van der Waals surface area contributed by atoms with Gasteiger partial charge in [0.1, 0.15) is 17.0 Å². The van der Waals surface area contributed by atoms with Crippen molar-refractivity contribution in [3.05, 3.63) is 81.2 Å². The van der Waals surface area contributed by atoms with E-state index in [1.54, 1.807) is 32.2 Å². The number of aryl methyl sites for hydroxylation is 2. The van der Waals surface area contributed by atoms with Crippen molar-refractivity contribution in [1.29, 1.82) is 0 Å². The molecule has 3 heterocycles. The average molecular weight is 522 g/mol. The number of nitrogens with one attached hydrogen (secondary N) is 1. The van der Waals surface area contributed by atoms with Crippen LogP contribution in [0, 0.1) is 13.8 Å². The van der Waals surface area contributed by atoms with Crippen LogP contribution in [0.1, 0.15) is 56.4 Å². The Morgan fingerprint density at radius 1 is 1.18 bits per heavy atom. The highest BCUT2D eigenvalue weighted by atomic mass is 79.9. The molecule has 172 valence electrons. The molecule has 0 fully saturated rings. The zero-order chi connectivity index (χ0) is 23.8. The maximum atomic E-state index is 13.1. The molecule has 4 aromatic rings. The van der Waals surface area contributed by atoms with Gasteiger partial charge in [-0.1, -0.05) is 22.0 Å². The number of ether oxygens (including phenoxy) is 1. The molecule has 1 aliphatic carbocycles. The minimum Gasteiger partial charge on any atom is -0.469 e. The highest BCUT2D eigenvalue weighted by Gasteiger charge is 2.29. The van der Waals surface area contributed by atoms with Crippen LogP contribution in [0.5, 0.6) is 5.75 Å². The summed E-state index contributed by atoms with van der Waals surface area (Å²) in [5, 5.41) is 5.17. The third kappa shape index (κ3) is 3.92. The molecule has 1 aromatic carbocycles. The van der Waals surface area contributed by atoms with Gasteiger partial charge in [-0.15, -0.1) is 0 Å². The van der Waals surface area contributed by atoms with Crippen molar-refractivity contribution in [2.24, 2.45) is 5.10 Å². The molecule has 0 radical (unpaired) electrons. The Hall–Kier alpha value is -3.72. The Morgan fingerprint density at radius 3 is 2.82 bits per heavy atom. The molecule has 0 saturated carbocycles. The Kier molecular flexibility index (Phi) is 5.79. The highest BCUT2D eigenvalue weighted by molar-refractivity contribution is 9.10. The number of nitrogens with zero attached hydrogens (tertiary/aromatic N) is 2. The fraction of sp³-hybridized carbons (Fsp3) is 0.200. The van der Waals surface area contributed by atoms with Crippen LogP contribution in [0.3, 0.4) is 0 Å². The quantitative estimate of drug-likeness (QED) is 0.216. The number of carbonyl (C=O) groups excluding carboxylic acids is 2. The fourth-order valence-corrected chi connectivity index (χ4v) is 4.57. The molecule has 1 aliphatic rings. The number of hydrogen-bond acceptors (Lipinski definition) is 7. The molecule has 1 N–H and O–H groups in total. The van der Waals surface area contributed by atoms with Crippen molar-refractivity contribution in [2.45, 2.75) is 33.1 Å². The van der Waals surface area contributed by atoms with Gasteiger partial charge >= 0.3 is 5.97 Å². The van der Waals surface area contributed by atoms with Crippen molar-refractivity contribution < 1.29 is 23.2 Å². The molecule has 9 heteroatoms. The van der Waals surface area contributed by atoms with E-state index in [-0.39, 0.29) is 11.7 Å². The number of aromatic nitrogens is 1. The summed E-state index contributed by atoms with van der Waals surface area (Å²) in [4.78, 5) is 29.9. The van der Waals surface area contributed by atoms with Crippen LogP contribution in [0.4, 0.5) is 0 Å². The molecular weight excluding hydrogens is 502 g/mol. The first-order chi connectivity index (χ1) is 16.4. The molecule has 1 amide bonds. The SMILES string of the molecule is Cc1occc1C(=O)N/N=C1\CCCc2oc(C(=O)Oc3ccc(Br)c4cccnc34)c(C)c21. The van der Waals surface area contributed by atoms with Gasteiger partial charge in [0.15, 0.2) is 5.75 Å². The second-order valence-corrected chi connectivity index (χ2v) is 8.79. The zero-order valence-corrected chi connectivity index (χ0v) is 20.1. The number of pyridine rings is 1. The Balaban J connectivity index is 1.43. The van der Waals surface area contributed by atoms with Crippen molar-refractivity contribution in [3.8, 4) is 5.75 Å². The minimum absolute atomic E-state index is 0.114. The molecule has 0 saturated heterocycles. The van der Waals surface area contributed by atoms with Crippen molar-refractivity contribution in [3.63, 3.8) is 0 Å². The molecule has 8 nitrogen and oxygen atoms in total. The lowest BCUT2D eigenvalue weighted by molar-refractivity contribution is 0.0700. The predicted molar refractivity (Wildman–Crippen MR) is 128 cm³/mol. The summed E-state index contributed by atoms with van der Waals surface area (Å²) in [5.41, 5.74) is 5.60. The summed E-state index contributed by atoms with van der Waals surface area (Å²) in [6.07, 6.45) is 5.20.